The van der Waals surface area contributed by atoms with Crippen LogP contribution in [0.2, 0.25) is 0 Å². The van der Waals surface area contributed by atoms with Crippen molar-refractivity contribution >= 4 is 16.4 Å². The molecule has 4 aromatic rings. The number of benzene rings is 1. The highest BCUT2D eigenvalue weighted by molar-refractivity contribution is 5.83. The first-order valence-corrected chi connectivity index (χ1v) is 8.70. The van der Waals surface area contributed by atoms with Crippen molar-refractivity contribution in [2.24, 2.45) is 0 Å². The normalized spacial score (nSPS) is 12.6. The van der Waals surface area contributed by atoms with Crippen LogP contribution < -0.4 is 9.47 Å². The third-order valence-corrected chi connectivity index (χ3v) is 4.36. The number of H-pyrrole nitrogens is 1. The highest BCUT2D eigenvalue weighted by atomic mass is 19.1. The van der Waals surface area contributed by atoms with E-state index in [4.69, 9.17) is 9.47 Å². The predicted molar refractivity (Wildman–Crippen MR) is 99.2 cm³/mol. The van der Waals surface area contributed by atoms with E-state index >= 15 is 0 Å². The van der Waals surface area contributed by atoms with Gasteiger partial charge in [-0.2, -0.15) is 10.1 Å². The summed E-state index contributed by atoms with van der Waals surface area (Å²) in [5.74, 6) is 0.152. The van der Waals surface area contributed by atoms with Crippen LogP contribution in [0, 0.1) is 12.7 Å². The fourth-order valence-corrected chi connectivity index (χ4v) is 3.01. The molecule has 1 aromatic carbocycles. The van der Waals surface area contributed by atoms with E-state index in [2.05, 4.69) is 15.1 Å². The van der Waals surface area contributed by atoms with E-state index < -0.39 is 11.9 Å². The van der Waals surface area contributed by atoms with Crippen LogP contribution in [0.5, 0.6) is 17.4 Å². The van der Waals surface area contributed by atoms with Crippen LogP contribution in [0.25, 0.3) is 16.4 Å². The van der Waals surface area contributed by atoms with Gasteiger partial charge in [-0.3, -0.25) is 0 Å². The average molecular weight is 388 g/mol. The molecule has 4 rings (SSSR count). The number of aromatic amines is 1. The van der Waals surface area contributed by atoms with Crippen molar-refractivity contribution in [1.82, 2.24) is 19.6 Å². The maximum absolute atomic E-state index is 14.9. The molecular weight excluding hydrogens is 369 g/mol. The number of halogens is 1. The Morgan fingerprint density at radius 1 is 1.36 bits per heavy atom. The molecule has 1 atom stereocenters. The Bertz CT molecular complexity index is 1150. The van der Waals surface area contributed by atoms with Gasteiger partial charge in [-0.05, 0) is 32.0 Å². The molecule has 8 nitrogen and oxygen atoms in total. The Hall–Kier alpha value is -3.17. The fraction of sp³-hybridized carbons (Fsp3) is 0.263. The Balaban J connectivity index is 1.73. The third kappa shape index (κ3) is 3.14. The maximum Gasteiger partial charge on any atom is 0.247 e. The first-order chi connectivity index (χ1) is 13.5. The summed E-state index contributed by atoms with van der Waals surface area (Å²) in [6, 6.07) is 4.71. The van der Waals surface area contributed by atoms with Crippen molar-refractivity contribution in [3.05, 3.63) is 47.8 Å². The smallest absolute Gasteiger partial charge is 0.247 e. The number of aliphatic hydroxyl groups excluding tert-OH is 2. The van der Waals surface area contributed by atoms with E-state index in [1.54, 1.807) is 19.2 Å². The lowest BCUT2D eigenvalue weighted by Gasteiger charge is -2.09. The first-order valence-electron chi connectivity index (χ1n) is 8.70. The molecule has 28 heavy (non-hydrogen) atoms. The molecule has 0 bridgehead atoms. The summed E-state index contributed by atoms with van der Waals surface area (Å²) in [5.41, 5.74) is 2.32. The lowest BCUT2D eigenvalue weighted by atomic mass is 10.2. The highest BCUT2D eigenvalue weighted by Crippen LogP contribution is 2.34. The minimum absolute atomic E-state index is 0.00337. The van der Waals surface area contributed by atoms with Gasteiger partial charge in [0.25, 0.3) is 0 Å². The molecule has 3 aromatic heterocycles. The molecule has 3 heterocycles. The molecule has 0 spiro atoms. The minimum atomic E-state index is -0.616. The zero-order chi connectivity index (χ0) is 19.8. The van der Waals surface area contributed by atoms with Crippen LogP contribution in [0.1, 0.15) is 18.2 Å². The maximum atomic E-state index is 14.9. The number of ether oxygens (including phenoxy) is 2. The lowest BCUT2D eigenvalue weighted by Crippen LogP contribution is -2.12. The molecule has 0 radical (unpaired) electrons. The lowest BCUT2D eigenvalue weighted by molar-refractivity contribution is 0.122. The highest BCUT2D eigenvalue weighted by Gasteiger charge is 2.18. The summed E-state index contributed by atoms with van der Waals surface area (Å²) in [4.78, 5) is 7.07. The summed E-state index contributed by atoms with van der Waals surface area (Å²) < 4.78 is 27.8. The van der Waals surface area contributed by atoms with Crippen LogP contribution in [0.3, 0.4) is 0 Å². The average Bonchev–Trinajstić information content (AvgIpc) is 3.24. The summed E-state index contributed by atoms with van der Waals surface area (Å²) >= 11 is 0. The van der Waals surface area contributed by atoms with E-state index in [1.807, 2.05) is 6.92 Å². The summed E-state index contributed by atoms with van der Waals surface area (Å²) in [6.45, 7) is 3.35. The molecule has 146 valence electrons. The van der Waals surface area contributed by atoms with Gasteiger partial charge in [0.2, 0.25) is 5.88 Å². The van der Waals surface area contributed by atoms with E-state index in [0.29, 0.717) is 33.4 Å². The Labute approximate surface area is 159 Å². The molecule has 0 aliphatic rings. The molecule has 0 unspecified atom stereocenters. The SMILES string of the molecule is Cc1c(OC[C@@H](C)O)cn2n[14cH]nc(Oc3ccc4[nH]c(CO)cc4c3F)c12. The Morgan fingerprint density at radius 2 is 2.18 bits per heavy atom. The molecule has 0 amide bonds. The third-order valence-electron chi connectivity index (χ3n) is 4.36. The van der Waals surface area contributed by atoms with E-state index in [0.717, 1.165) is 0 Å². The number of hydrogen-bond donors (Lipinski definition) is 3. The molecule has 0 fully saturated rings. The van der Waals surface area contributed by atoms with Crippen molar-refractivity contribution < 1.29 is 24.1 Å². The topological polar surface area (TPSA) is 105 Å². The fourth-order valence-electron chi connectivity index (χ4n) is 3.01. The number of rotatable bonds is 6. The van der Waals surface area contributed by atoms with Gasteiger partial charge in [0.15, 0.2) is 11.6 Å². The standard InChI is InChI=1S/C19H19FN4O4/c1-10(26)8-27-16-6-24-18(11(16)2)19(21-9-22-24)28-15-4-3-14-13(17(15)20)5-12(7-25)23-14/h3-6,9-10,23,25-26H,7-8H2,1-2H3/t10-/m1/s1/i9+2. The van der Waals surface area contributed by atoms with E-state index in [1.165, 1.54) is 23.0 Å². The van der Waals surface area contributed by atoms with Crippen LogP contribution in [-0.4, -0.2) is 42.5 Å². The van der Waals surface area contributed by atoms with Crippen LogP contribution in [0.15, 0.2) is 30.7 Å². The molecule has 9 heteroatoms. The first kappa shape index (κ1) is 18.2. The zero-order valence-electron chi connectivity index (χ0n) is 15.3. The number of aryl methyl sites for hydroxylation is 1. The molecule has 0 saturated carbocycles. The Kier molecular flexibility index (Phi) is 4.62. The van der Waals surface area contributed by atoms with Gasteiger partial charge < -0.3 is 24.7 Å². The monoisotopic (exact) mass is 388 g/mol. The van der Waals surface area contributed by atoms with Crippen molar-refractivity contribution in [1.29, 1.82) is 0 Å². The van der Waals surface area contributed by atoms with Crippen molar-refractivity contribution in [3.8, 4) is 17.4 Å². The van der Waals surface area contributed by atoms with Gasteiger partial charge in [0, 0.05) is 22.2 Å². The minimum Gasteiger partial charge on any atom is -0.489 e. The van der Waals surface area contributed by atoms with Crippen molar-refractivity contribution in [2.45, 2.75) is 26.6 Å². The largest absolute Gasteiger partial charge is 0.489 e. The summed E-state index contributed by atoms with van der Waals surface area (Å²) in [6.07, 6.45) is 2.34. The molecule has 3 N–H and O–H groups in total. The van der Waals surface area contributed by atoms with Crippen LogP contribution >= 0.6 is 0 Å². The Morgan fingerprint density at radius 3 is 2.93 bits per heavy atom. The summed E-state index contributed by atoms with van der Waals surface area (Å²) in [7, 11) is 0. The number of aromatic nitrogens is 4. The van der Waals surface area contributed by atoms with Crippen LogP contribution in [-0.2, 0) is 6.61 Å². The van der Waals surface area contributed by atoms with Crippen LogP contribution in [0.4, 0.5) is 4.39 Å². The summed E-state index contributed by atoms with van der Waals surface area (Å²) in [5, 5.41) is 23.1. The van der Waals surface area contributed by atoms with Crippen molar-refractivity contribution in [2.75, 3.05) is 6.61 Å². The zero-order valence-corrected chi connectivity index (χ0v) is 15.3. The van der Waals surface area contributed by atoms with Gasteiger partial charge in [0.1, 0.15) is 24.2 Å². The van der Waals surface area contributed by atoms with Gasteiger partial charge in [-0.15, -0.1) is 0 Å². The van der Waals surface area contributed by atoms with Gasteiger partial charge in [-0.1, -0.05) is 0 Å². The molecule has 0 aliphatic heterocycles. The second-order valence-electron chi connectivity index (χ2n) is 6.53. The molecule has 0 saturated heterocycles. The predicted octanol–water partition coefficient (Wildman–Crippen LogP) is 2.70. The van der Waals surface area contributed by atoms with Gasteiger partial charge in [0.05, 0.1) is 18.9 Å². The number of fused-ring (bicyclic) bond motifs is 2. The molecular formula is C19H19FN4O4. The quantitative estimate of drug-likeness (QED) is 0.469. The number of hydrogen-bond acceptors (Lipinski definition) is 6. The van der Waals surface area contributed by atoms with Gasteiger partial charge in [-0.25, -0.2) is 8.91 Å². The van der Waals surface area contributed by atoms with Crippen molar-refractivity contribution in [3.63, 3.8) is 0 Å². The second-order valence-corrected chi connectivity index (χ2v) is 6.53. The number of nitrogens with zero attached hydrogens (tertiary/aromatic N) is 3. The van der Waals surface area contributed by atoms with Gasteiger partial charge >= 0.3 is 0 Å². The number of aliphatic hydroxyl groups is 2. The second kappa shape index (κ2) is 7.10. The van der Waals surface area contributed by atoms with E-state index in [9.17, 15) is 14.6 Å². The number of nitrogens with one attached hydrogen (secondary N) is 1. The molecule has 0 aliphatic carbocycles. The van der Waals surface area contributed by atoms with E-state index in [-0.39, 0.29) is 24.8 Å².